The molecule has 0 saturated carbocycles. The molecule has 5 nitrogen and oxygen atoms in total. The Labute approximate surface area is 160 Å². The molecule has 0 aliphatic rings. The molecule has 1 atom stereocenters. The predicted molar refractivity (Wildman–Crippen MR) is 101 cm³/mol. The maximum atomic E-state index is 13.2. The summed E-state index contributed by atoms with van der Waals surface area (Å²) in [5.41, 5.74) is -1.57. The van der Waals surface area contributed by atoms with Crippen LogP contribution in [-0.4, -0.2) is 26.4 Å². The van der Waals surface area contributed by atoms with Crippen LogP contribution in [0.2, 0.25) is 0 Å². The van der Waals surface area contributed by atoms with Gasteiger partial charge in [-0.05, 0) is 72.2 Å². The standard InChI is InChI=1S/C18H25F3N2O3S/c1-11(23-27(25)17(5,6)7)12-8-13(18(19,20)21)10-14(9-12)22-15(24)26-16(2,3)4/h8-10H,1-7H3,(H,22,24)/t27-/m0/s1. The lowest BCUT2D eigenvalue weighted by Gasteiger charge is -2.20. The summed E-state index contributed by atoms with van der Waals surface area (Å²) in [6, 6.07) is 3.04. The van der Waals surface area contributed by atoms with Crippen molar-refractivity contribution in [2.24, 2.45) is 4.40 Å². The Morgan fingerprint density at radius 3 is 2.07 bits per heavy atom. The van der Waals surface area contributed by atoms with Gasteiger partial charge in [0, 0.05) is 5.69 Å². The molecule has 0 aromatic heterocycles. The van der Waals surface area contributed by atoms with E-state index in [2.05, 4.69) is 9.71 Å². The fourth-order valence-electron chi connectivity index (χ4n) is 1.81. The second-order valence-electron chi connectivity index (χ2n) is 7.96. The Hall–Kier alpha value is -1.90. The number of ether oxygens (including phenoxy) is 1. The van der Waals surface area contributed by atoms with Gasteiger partial charge in [-0.15, -0.1) is 0 Å². The fourth-order valence-corrected chi connectivity index (χ4v) is 2.44. The number of carbonyl (C=O) groups excluding carboxylic acids is 1. The van der Waals surface area contributed by atoms with Gasteiger partial charge in [-0.3, -0.25) is 5.32 Å². The summed E-state index contributed by atoms with van der Waals surface area (Å²) in [6.07, 6.45) is -5.50. The minimum absolute atomic E-state index is 0.0924. The third-order valence-corrected chi connectivity index (χ3v) is 4.55. The largest absolute Gasteiger partial charge is 0.444 e. The van der Waals surface area contributed by atoms with Gasteiger partial charge >= 0.3 is 12.3 Å². The van der Waals surface area contributed by atoms with Crippen molar-refractivity contribution in [3.63, 3.8) is 0 Å². The van der Waals surface area contributed by atoms with Gasteiger partial charge in [-0.25, -0.2) is 9.00 Å². The summed E-state index contributed by atoms with van der Waals surface area (Å²) in [5, 5.41) is 2.30. The molecule has 0 spiro atoms. The molecule has 1 aromatic rings. The van der Waals surface area contributed by atoms with Gasteiger partial charge in [0.25, 0.3) is 0 Å². The molecule has 152 valence electrons. The molecule has 0 heterocycles. The van der Waals surface area contributed by atoms with Crippen molar-refractivity contribution in [2.45, 2.75) is 65.0 Å². The Bertz CT molecular complexity index is 761. The Morgan fingerprint density at radius 1 is 1.07 bits per heavy atom. The van der Waals surface area contributed by atoms with Crippen molar-refractivity contribution in [1.29, 1.82) is 0 Å². The normalized spacial score (nSPS) is 14.7. The minimum atomic E-state index is -4.62. The molecular formula is C18H25F3N2O3S. The molecule has 1 amide bonds. The quantitative estimate of drug-likeness (QED) is 0.691. The van der Waals surface area contributed by atoms with E-state index in [4.69, 9.17) is 4.74 Å². The first-order valence-electron chi connectivity index (χ1n) is 8.19. The highest BCUT2D eigenvalue weighted by Gasteiger charge is 2.32. The number of carbonyl (C=O) groups is 1. The molecule has 0 radical (unpaired) electrons. The average Bonchev–Trinajstić information content (AvgIpc) is 2.42. The van der Waals surface area contributed by atoms with Gasteiger partial charge in [-0.2, -0.15) is 17.6 Å². The predicted octanol–water partition coefficient (Wildman–Crippen LogP) is 5.32. The van der Waals surface area contributed by atoms with Crippen LogP contribution >= 0.6 is 0 Å². The summed E-state index contributed by atoms with van der Waals surface area (Å²) in [4.78, 5) is 11.9. The monoisotopic (exact) mass is 406 g/mol. The zero-order valence-corrected chi connectivity index (χ0v) is 17.3. The van der Waals surface area contributed by atoms with E-state index in [0.717, 1.165) is 12.1 Å². The number of benzene rings is 1. The fraction of sp³-hybridized carbons (Fsp3) is 0.556. The van der Waals surface area contributed by atoms with E-state index in [1.807, 2.05) is 0 Å². The Kier molecular flexibility index (Phi) is 6.85. The molecule has 0 aliphatic heterocycles. The minimum Gasteiger partial charge on any atom is -0.444 e. The van der Waals surface area contributed by atoms with Crippen LogP contribution in [-0.2, 0) is 21.9 Å². The Balaban J connectivity index is 3.31. The van der Waals surface area contributed by atoms with E-state index >= 15 is 0 Å². The number of rotatable bonds is 3. The number of amides is 1. The van der Waals surface area contributed by atoms with Crippen LogP contribution in [0, 0.1) is 0 Å². The molecule has 1 aromatic carbocycles. The third kappa shape index (κ3) is 7.70. The second kappa shape index (κ2) is 8.00. The molecule has 0 bridgehead atoms. The van der Waals surface area contributed by atoms with Crippen LogP contribution in [0.5, 0.6) is 0 Å². The van der Waals surface area contributed by atoms with E-state index in [9.17, 15) is 22.2 Å². The van der Waals surface area contributed by atoms with Gasteiger partial charge in [0.1, 0.15) is 16.6 Å². The van der Waals surface area contributed by atoms with Gasteiger partial charge in [0.05, 0.1) is 16.0 Å². The smallest absolute Gasteiger partial charge is 0.416 e. The molecule has 0 aliphatic carbocycles. The highest BCUT2D eigenvalue weighted by Crippen LogP contribution is 2.32. The van der Waals surface area contributed by atoms with Crippen molar-refractivity contribution in [1.82, 2.24) is 0 Å². The topological polar surface area (TPSA) is 67.8 Å². The van der Waals surface area contributed by atoms with Crippen LogP contribution < -0.4 is 5.32 Å². The molecule has 0 fully saturated rings. The first-order chi connectivity index (χ1) is 12.0. The zero-order chi connectivity index (χ0) is 21.2. The number of alkyl halides is 3. The van der Waals surface area contributed by atoms with Crippen LogP contribution in [0.15, 0.2) is 22.6 Å². The summed E-state index contributed by atoms with van der Waals surface area (Å²) in [5.74, 6) is 0. The highest BCUT2D eigenvalue weighted by molar-refractivity contribution is 7.85. The van der Waals surface area contributed by atoms with Crippen LogP contribution in [0.1, 0.15) is 59.6 Å². The van der Waals surface area contributed by atoms with Crippen LogP contribution in [0.3, 0.4) is 0 Å². The number of anilines is 1. The second-order valence-corrected chi connectivity index (χ2v) is 9.87. The number of nitrogens with one attached hydrogen (secondary N) is 1. The highest BCUT2D eigenvalue weighted by atomic mass is 32.2. The molecule has 1 N–H and O–H groups in total. The van der Waals surface area contributed by atoms with Crippen molar-refractivity contribution in [3.05, 3.63) is 29.3 Å². The van der Waals surface area contributed by atoms with Crippen molar-refractivity contribution in [2.75, 3.05) is 5.32 Å². The van der Waals surface area contributed by atoms with Crippen LogP contribution in [0.25, 0.3) is 0 Å². The van der Waals surface area contributed by atoms with Crippen molar-refractivity contribution >= 4 is 28.5 Å². The Morgan fingerprint density at radius 2 is 1.63 bits per heavy atom. The van der Waals surface area contributed by atoms with E-state index in [-0.39, 0.29) is 17.0 Å². The van der Waals surface area contributed by atoms with Gasteiger partial charge in [-0.1, -0.05) is 0 Å². The van der Waals surface area contributed by atoms with E-state index < -0.39 is 39.2 Å². The summed E-state index contributed by atoms with van der Waals surface area (Å²) in [7, 11) is -1.63. The lowest BCUT2D eigenvalue weighted by atomic mass is 10.1. The SMILES string of the molecule is CC(=N[S@@](=O)C(C)(C)C)c1cc(NC(=O)OC(C)(C)C)cc(C(F)(F)F)c1. The number of hydrogen-bond donors (Lipinski definition) is 1. The maximum absolute atomic E-state index is 13.2. The summed E-state index contributed by atoms with van der Waals surface area (Å²) in [6.45, 7) is 11.5. The third-order valence-electron chi connectivity index (χ3n) is 3.07. The maximum Gasteiger partial charge on any atom is 0.416 e. The van der Waals surface area contributed by atoms with Crippen LogP contribution in [0.4, 0.5) is 23.7 Å². The first kappa shape index (κ1) is 23.1. The molecule has 1 rings (SSSR count). The number of halogens is 3. The zero-order valence-electron chi connectivity index (χ0n) is 16.4. The molecule has 27 heavy (non-hydrogen) atoms. The lowest BCUT2D eigenvalue weighted by Crippen LogP contribution is -2.27. The van der Waals surface area contributed by atoms with Crippen molar-refractivity contribution in [3.8, 4) is 0 Å². The summed E-state index contributed by atoms with van der Waals surface area (Å²) < 4.78 is 60.3. The van der Waals surface area contributed by atoms with E-state index in [1.54, 1.807) is 41.5 Å². The van der Waals surface area contributed by atoms with Gasteiger partial charge < -0.3 is 4.74 Å². The molecule has 0 saturated heterocycles. The molecule has 0 unspecified atom stereocenters. The van der Waals surface area contributed by atoms with Gasteiger partial charge in [0.2, 0.25) is 0 Å². The number of nitrogens with zero attached hydrogens (tertiary/aromatic N) is 1. The van der Waals surface area contributed by atoms with Gasteiger partial charge in [0.15, 0.2) is 0 Å². The van der Waals surface area contributed by atoms with Crippen molar-refractivity contribution < 1.29 is 26.9 Å². The molecular weight excluding hydrogens is 381 g/mol. The summed E-state index contributed by atoms with van der Waals surface area (Å²) >= 11 is 0. The average molecular weight is 406 g/mol. The molecule has 9 heteroatoms. The van der Waals surface area contributed by atoms with E-state index in [0.29, 0.717) is 0 Å². The first-order valence-corrected chi connectivity index (χ1v) is 9.30. The lowest BCUT2D eigenvalue weighted by molar-refractivity contribution is -0.137. The number of hydrogen-bond acceptors (Lipinski definition) is 3. The van der Waals surface area contributed by atoms with E-state index in [1.165, 1.54) is 13.0 Å².